The highest BCUT2D eigenvalue weighted by molar-refractivity contribution is 14.0. The van der Waals surface area contributed by atoms with Gasteiger partial charge in [0.1, 0.15) is 5.75 Å². The largest absolute Gasteiger partial charge is 0.497 e. The SMILES string of the molecule is CN=C(NCc1ccc(C(=O)OC)cc1)NCC(c1cccc(OC)c1)N1CCCC1.I. The predicted octanol–water partition coefficient (Wildman–Crippen LogP) is 3.60. The summed E-state index contributed by atoms with van der Waals surface area (Å²) in [6.07, 6.45) is 2.46. The van der Waals surface area contributed by atoms with Crippen LogP contribution in [-0.4, -0.2) is 57.7 Å². The zero-order valence-electron chi connectivity index (χ0n) is 19.0. The number of aliphatic imine (C=N–C) groups is 1. The minimum atomic E-state index is -0.331. The van der Waals surface area contributed by atoms with E-state index >= 15 is 0 Å². The third kappa shape index (κ3) is 7.09. The summed E-state index contributed by atoms with van der Waals surface area (Å²) >= 11 is 0. The van der Waals surface area contributed by atoms with Gasteiger partial charge in [0, 0.05) is 20.1 Å². The number of hydrogen-bond acceptors (Lipinski definition) is 5. The molecule has 1 atom stereocenters. The van der Waals surface area contributed by atoms with Crippen molar-refractivity contribution < 1.29 is 14.3 Å². The molecule has 2 aromatic rings. The molecule has 3 rings (SSSR count). The number of rotatable bonds is 8. The molecular formula is C24H33IN4O3. The monoisotopic (exact) mass is 552 g/mol. The third-order valence-corrected chi connectivity index (χ3v) is 5.58. The average Bonchev–Trinajstić information content (AvgIpc) is 3.35. The van der Waals surface area contributed by atoms with Crippen molar-refractivity contribution in [1.29, 1.82) is 0 Å². The Hall–Kier alpha value is -2.33. The van der Waals surface area contributed by atoms with Crippen LogP contribution in [-0.2, 0) is 11.3 Å². The Balaban J connectivity index is 0.00000363. The average molecular weight is 552 g/mol. The topological polar surface area (TPSA) is 75.2 Å². The highest BCUT2D eigenvalue weighted by atomic mass is 127. The lowest BCUT2D eigenvalue weighted by Gasteiger charge is -2.29. The van der Waals surface area contributed by atoms with Crippen molar-refractivity contribution in [2.45, 2.75) is 25.4 Å². The van der Waals surface area contributed by atoms with Crippen LogP contribution in [0.4, 0.5) is 0 Å². The molecule has 0 spiro atoms. The minimum Gasteiger partial charge on any atom is -0.497 e. The normalized spacial score (nSPS) is 14.9. The molecule has 1 fully saturated rings. The highest BCUT2D eigenvalue weighted by Crippen LogP contribution is 2.27. The van der Waals surface area contributed by atoms with E-state index < -0.39 is 0 Å². The van der Waals surface area contributed by atoms with Crippen LogP contribution in [0, 0.1) is 0 Å². The lowest BCUT2D eigenvalue weighted by atomic mass is 10.1. The van der Waals surface area contributed by atoms with Gasteiger partial charge in [0.2, 0.25) is 0 Å². The van der Waals surface area contributed by atoms with Crippen molar-refractivity contribution in [3.63, 3.8) is 0 Å². The first-order valence-corrected chi connectivity index (χ1v) is 10.6. The number of carbonyl (C=O) groups excluding carboxylic acids is 1. The van der Waals surface area contributed by atoms with Gasteiger partial charge in [-0.15, -0.1) is 24.0 Å². The van der Waals surface area contributed by atoms with Gasteiger partial charge in [0.05, 0.1) is 25.8 Å². The number of ether oxygens (including phenoxy) is 2. The van der Waals surface area contributed by atoms with Crippen molar-refractivity contribution in [1.82, 2.24) is 15.5 Å². The summed E-state index contributed by atoms with van der Waals surface area (Å²) in [6, 6.07) is 15.9. The first kappa shape index (κ1) is 25.9. The summed E-state index contributed by atoms with van der Waals surface area (Å²) in [5, 5.41) is 6.82. The standard InChI is InChI=1S/C24H32N4O3.HI/c1-25-24(26-16-18-9-11-19(12-10-18)23(29)31-3)27-17-22(28-13-4-5-14-28)20-7-6-8-21(15-20)30-2;/h6-12,15,22H,4-5,13-14,16-17H2,1-3H3,(H2,25,26,27);1H. The molecule has 0 aliphatic carbocycles. The van der Waals surface area contributed by atoms with Gasteiger partial charge in [0.25, 0.3) is 0 Å². The van der Waals surface area contributed by atoms with Crippen LogP contribution < -0.4 is 15.4 Å². The molecule has 1 saturated heterocycles. The second-order valence-corrected chi connectivity index (χ2v) is 7.53. The van der Waals surface area contributed by atoms with E-state index in [1.165, 1.54) is 25.5 Å². The van der Waals surface area contributed by atoms with Crippen LogP contribution in [0.5, 0.6) is 5.75 Å². The molecule has 1 heterocycles. The minimum absolute atomic E-state index is 0. The highest BCUT2D eigenvalue weighted by Gasteiger charge is 2.24. The summed E-state index contributed by atoms with van der Waals surface area (Å²) in [5.41, 5.74) is 2.84. The molecule has 7 nitrogen and oxygen atoms in total. The van der Waals surface area contributed by atoms with Gasteiger partial charge in [-0.05, 0) is 61.3 Å². The van der Waals surface area contributed by atoms with Gasteiger partial charge in [-0.2, -0.15) is 0 Å². The summed E-state index contributed by atoms with van der Waals surface area (Å²) in [6.45, 7) is 3.55. The molecule has 174 valence electrons. The summed E-state index contributed by atoms with van der Waals surface area (Å²) in [7, 11) is 4.85. The fourth-order valence-electron chi connectivity index (χ4n) is 3.84. The number of halogens is 1. The molecule has 0 saturated carbocycles. The zero-order chi connectivity index (χ0) is 22.1. The third-order valence-electron chi connectivity index (χ3n) is 5.58. The number of carbonyl (C=O) groups is 1. The predicted molar refractivity (Wildman–Crippen MR) is 138 cm³/mol. The van der Waals surface area contributed by atoms with Gasteiger partial charge in [-0.3, -0.25) is 9.89 Å². The van der Waals surface area contributed by atoms with Crippen LogP contribution in [0.2, 0.25) is 0 Å². The number of hydrogen-bond donors (Lipinski definition) is 2. The number of methoxy groups -OCH3 is 2. The number of esters is 1. The van der Waals surface area contributed by atoms with Crippen LogP contribution >= 0.6 is 24.0 Å². The van der Waals surface area contributed by atoms with Crippen molar-refractivity contribution in [3.05, 3.63) is 65.2 Å². The Morgan fingerprint density at radius 1 is 1.09 bits per heavy atom. The van der Waals surface area contributed by atoms with Crippen LogP contribution in [0.15, 0.2) is 53.5 Å². The fourth-order valence-corrected chi connectivity index (χ4v) is 3.84. The summed E-state index contributed by atoms with van der Waals surface area (Å²) in [5.74, 6) is 1.28. The summed E-state index contributed by atoms with van der Waals surface area (Å²) in [4.78, 5) is 18.5. The molecule has 0 bridgehead atoms. The number of nitrogens with zero attached hydrogens (tertiary/aromatic N) is 2. The Morgan fingerprint density at radius 3 is 2.44 bits per heavy atom. The molecule has 1 aliphatic heterocycles. The van der Waals surface area contributed by atoms with E-state index in [0.717, 1.165) is 36.9 Å². The second-order valence-electron chi connectivity index (χ2n) is 7.53. The van der Waals surface area contributed by atoms with Crippen LogP contribution in [0.1, 0.15) is 40.4 Å². The van der Waals surface area contributed by atoms with Crippen molar-refractivity contribution in [2.75, 3.05) is 40.9 Å². The maximum absolute atomic E-state index is 11.6. The van der Waals surface area contributed by atoms with Gasteiger partial charge >= 0.3 is 5.97 Å². The number of nitrogens with one attached hydrogen (secondary N) is 2. The maximum Gasteiger partial charge on any atom is 0.337 e. The molecule has 1 aliphatic rings. The Bertz CT molecular complexity index is 883. The van der Waals surface area contributed by atoms with Gasteiger partial charge in [0.15, 0.2) is 5.96 Å². The lowest BCUT2D eigenvalue weighted by molar-refractivity contribution is 0.0600. The first-order valence-electron chi connectivity index (χ1n) is 10.6. The van der Waals surface area contributed by atoms with E-state index in [9.17, 15) is 4.79 Å². The molecule has 0 amide bonds. The quantitative estimate of drug-likeness (QED) is 0.226. The number of likely N-dealkylation sites (tertiary alicyclic amines) is 1. The van der Waals surface area contributed by atoms with E-state index in [1.54, 1.807) is 26.3 Å². The summed E-state index contributed by atoms with van der Waals surface area (Å²) < 4.78 is 10.2. The van der Waals surface area contributed by atoms with Gasteiger partial charge < -0.3 is 20.1 Å². The fraction of sp³-hybridized carbons (Fsp3) is 0.417. The molecule has 8 heteroatoms. The van der Waals surface area contributed by atoms with E-state index in [0.29, 0.717) is 12.1 Å². The molecular weight excluding hydrogens is 519 g/mol. The van der Waals surface area contributed by atoms with Crippen molar-refractivity contribution >= 4 is 35.9 Å². The molecule has 1 unspecified atom stereocenters. The molecule has 0 aromatic heterocycles. The second kappa shape index (κ2) is 13.3. The smallest absolute Gasteiger partial charge is 0.337 e. The van der Waals surface area contributed by atoms with Gasteiger partial charge in [-0.25, -0.2) is 4.79 Å². The van der Waals surface area contributed by atoms with E-state index in [1.807, 2.05) is 24.3 Å². The van der Waals surface area contributed by atoms with E-state index in [-0.39, 0.29) is 36.0 Å². The van der Waals surface area contributed by atoms with Gasteiger partial charge in [-0.1, -0.05) is 24.3 Å². The van der Waals surface area contributed by atoms with E-state index in [4.69, 9.17) is 9.47 Å². The Labute approximate surface area is 207 Å². The maximum atomic E-state index is 11.6. The zero-order valence-corrected chi connectivity index (χ0v) is 21.3. The number of benzene rings is 2. The molecule has 2 N–H and O–H groups in total. The molecule has 0 radical (unpaired) electrons. The molecule has 32 heavy (non-hydrogen) atoms. The molecule has 2 aromatic carbocycles. The number of guanidine groups is 1. The van der Waals surface area contributed by atoms with Crippen molar-refractivity contribution in [3.8, 4) is 5.75 Å². The lowest BCUT2D eigenvalue weighted by Crippen LogP contribution is -2.42. The first-order chi connectivity index (χ1) is 15.1. The Kier molecular flexibility index (Phi) is 10.8. The Morgan fingerprint density at radius 2 is 1.81 bits per heavy atom. The van der Waals surface area contributed by atoms with Crippen LogP contribution in [0.25, 0.3) is 0 Å². The van der Waals surface area contributed by atoms with Crippen LogP contribution in [0.3, 0.4) is 0 Å². The van der Waals surface area contributed by atoms with E-state index in [2.05, 4.69) is 32.7 Å². The van der Waals surface area contributed by atoms with Crippen molar-refractivity contribution in [2.24, 2.45) is 4.99 Å².